The second-order valence-electron chi connectivity index (χ2n) is 8.38. The van der Waals surface area contributed by atoms with Crippen LogP contribution in [0.5, 0.6) is 0 Å². The van der Waals surface area contributed by atoms with Crippen molar-refractivity contribution in [3.63, 3.8) is 0 Å². The highest BCUT2D eigenvalue weighted by atomic mass is 79.9. The van der Waals surface area contributed by atoms with Crippen molar-refractivity contribution in [2.45, 2.75) is 10.9 Å². The Bertz CT molecular complexity index is 1540. The summed E-state index contributed by atoms with van der Waals surface area (Å²) in [5.74, 6) is -0.880. The molecule has 3 aromatic rings. The predicted molar refractivity (Wildman–Crippen MR) is 145 cm³/mol. The van der Waals surface area contributed by atoms with Crippen LogP contribution in [-0.4, -0.2) is 31.8 Å². The van der Waals surface area contributed by atoms with E-state index in [1.807, 2.05) is 0 Å². The molecule has 192 valence electrons. The summed E-state index contributed by atoms with van der Waals surface area (Å²) in [5, 5.41) is 3.01. The molecular formula is C26H22BrClF2N4O2S. The van der Waals surface area contributed by atoms with Gasteiger partial charge in [0, 0.05) is 34.4 Å². The Morgan fingerprint density at radius 1 is 0.973 bits per heavy atom. The zero-order chi connectivity index (χ0) is 25.4. The van der Waals surface area contributed by atoms with Crippen LogP contribution in [0.25, 0.3) is 6.08 Å². The standard InChI is InChI=1S/C26H21BrF2N4O2S.ClH/c27-18-9-11-19(12-10-18)36(34,35)33-14-17(13-16-5-1-3-7-22(16)28)24-21(15-33)25(32-26(30)31-24)20-6-2-4-8-23(20)29;/h1-13,25H,14-15H2,(H3,30,31,32);1H/b17-13+;. The normalized spacial score (nSPS) is 19.1. The molecule has 0 saturated heterocycles. The van der Waals surface area contributed by atoms with E-state index >= 15 is 0 Å². The van der Waals surface area contributed by atoms with Crippen LogP contribution >= 0.6 is 28.3 Å². The van der Waals surface area contributed by atoms with Gasteiger partial charge in [0.1, 0.15) is 17.7 Å². The van der Waals surface area contributed by atoms with E-state index in [9.17, 15) is 17.2 Å². The van der Waals surface area contributed by atoms with Gasteiger partial charge in [-0.3, -0.25) is 0 Å². The average Bonchev–Trinajstić information content (AvgIpc) is 2.86. The molecule has 3 aromatic carbocycles. The Morgan fingerprint density at radius 2 is 1.62 bits per heavy atom. The summed E-state index contributed by atoms with van der Waals surface area (Å²) in [4.78, 5) is 4.52. The topological polar surface area (TPSA) is 87.8 Å². The van der Waals surface area contributed by atoms with Gasteiger partial charge in [0.05, 0.1) is 4.90 Å². The largest absolute Gasteiger partial charge is 0.370 e. The monoisotopic (exact) mass is 606 g/mol. The minimum absolute atomic E-state index is 0. The van der Waals surface area contributed by atoms with Crippen molar-refractivity contribution >= 4 is 50.4 Å². The lowest BCUT2D eigenvalue weighted by Gasteiger charge is -2.37. The maximum Gasteiger partial charge on any atom is 0.243 e. The van der Waals surface area contributed by atoms with Gasteiger partial charge >= 0.3 is 0 Å². The van der Waals surface area contributed by atoms with Gasteiger partial charge in [-0.2, -0.15) is 4.31 Å². The number of guanidine groups is 1. The summed E-state index contributed by atoms with van der Waals surface area (Å²) in [5.41, 5.74) is 8.15. The number of nitrogens with one attached hydrogen (secondary N) is 1. The molecule has 0 aliphatic carbocycles. The van der Waals surface area contributed by atoms with Crippen LogP contribution in [0.15, 0.2) is 104 Å². The Morgan fingerprint density at radius 3 is 2.30 bits per heavy atom. The summed E-state index contributed by atoms with van der Waals surface area (Å²) in [6.07, 6.45) is 1.58. The number of benzene rings is 3. The van der Waals surface area contributed by atoms with Gasteiger partial charge in [-0.1, -0.05) is 52.3 Å². The molecule has 2 aliphatic heterocycles. The Hall–Kier alpha value is -3.05. The number of sulfonamides is 1. The van der Waals surface area contributed by atoms with Gasteiger partial charge in [0.2, 0.25) is 10.0 Å². The van der Waals surface area contributed by atoms with E-state index in [2.05, 4.69) is 26.2 Å². The highest BCUT2D eigenvalue weighted by molar-refractivity contribution is 9.10. The van der Waals surface area contributed by atoms with E-state index in [4.69, 9.17) is 5.73 Å². The van der Waals surface area contributed by atoms with Gasteiger partial charge in [-0.25, -0.2) is 22.2 Å². The SMILES string of the molecule is Cl.NC1=NC(c2ccccc2F)C2=C(N1)/C(=C/c1ccccc1F)CN(S(=O)(=O)c1ccc(Br)cc1)C2. The molecule has 5 rings (SSSR count). The van der Waals surface area contributed by atoms with E-state index in [0.717, 1.165) is 4.47 Å². The second kappa shape index (κ2) is 10.7. The highest BCUT2D eigenvalue weighted by Gasteiger charge is 2.38. The number of aliphatic imine (C=N–C) groups is 1. The molecule has 0 radical (unpaired) electrons. The molecule has 11 heteroatoms. The zero-order valence-corrected chi connectivity index (χ0v) is 22.5. The predicted octanol–water partition coefficient (Wildman–Crippen LogP) is 5.15. The lowest BCUT2D eigenvalue weighted by Crippen LogP contribution is -2.46. The molecule has 0 aromatic heterocycles. The Kier molecular flexibility index (Phi) is 7.84. The maximum atomic E-state index is 14.8. The second-order valence-corrected chi connectivity index (χ2v) is 11.2. The molecule has 0 amide bonds. The smallest absolute Gasteiger partial charge is 0.243 e. The summed E-state index contributed by atoms with van der Waals surface area (Å²) < 4.78 is 58.7. The third kappa shape index (κ3) is 5.33. The number of hydrogen-bond donors (Lipinski definition) is 2. The molecule has 0 saturated carbocycles. The zero-order valence-electron chi connectivity index (χ0n) is 19.2. The third-order valence-corrected chi connectivity index (χ3v) is 8.41. The molecule has 0 bridgehead atoms. The molecule has 2 aliphatic rings. The summed E-state index contributed by atoms with van der Waals surface area (Å²) >= 11 is 3.32. The van der Waals surface area contributed by atoms with Crippen LogP contribution in [-0.2, 0) is 10.0 Å². The van der Waals surface area contributed by atoms with E-state index in [1.165, 1.54) is 28.6 Å². The number of nitrogens with two attached hydrogens (primary N) is 1. The van der Waals surface area contributed by atoms with Crippen LogP contribution in [0, 0.1) is 11.6 Å². The highest BCUT2D eigenvalue weighted by Crippen LogP contribution is 2.39. The molecular weight excluding hydrogens is 586 g/mol. The molecule has 6 nitrogen and oxygen atoms in total. The number of rotatable bonds is 4. The van der Waals surface area contributed by atoms with Crippen LogP contribution in [0.1, 0.15) is 17.2 Å². The molecule has 37 heavy (non-hydrogen) atoms. The van der Waals surface area contributed by atoms with Crippen molar-refractivity contribution in [1.82, 2.24) is 9.62 Å². The van der Waals surface area contributed by atoms with Crippen molar-refractivity contribution in [3.05, 3.63) is 117 Å². The van der Waals surface area contributed by atoms with Gasteiger partial charge in [-0.15, -0.1) is 12.4 Å². The van der Waals surface area contributed by atoms with Crippen LogP contribution in [0.4, 0.5) is 8.78 Å². The summed E-state index contributed by atoms with van der Waals surface area (Å²) in [6, 6.07) is 17.8. The first-order valence-electron chi connectivity index (χ1n) is 11.0. The first kappa shape index (κ1) is 27.0. The average molecular weight is 608 g/mol. The van der Waals surface area contributed by atoms with Gasteiger partial charge in [-0.05, 0) is 53.6 Å². The van der Waals surface area contributed by atoms with Crippen molar-refractivity contribution in [3.8, 4) is 0 Å². The fourth-order valence-corrected chi connectivity index (χ4v) is 6.00. The molecule has 0 fully saturated rings. The minimum Gasteiger partial charge on any atom is -0.370 e. The summed E-state index contributed by atoms with van der Waals surface area (Å²) in [6.45, 7) is -0.0963. The van der Waals surface area contributed by atoms with Gasteiger partial charge in [0.15, 0.2) is 5.96 Å². The molecule has 1 atom stereocenters. The first-order valence-corrected chi connectivity index (χ1v) is 13.3. The summed E-state index contributed by atoms with van der Waals surface area (Å²) in [7, 11) is -3.95. The van der Waals surface area contributed by atoms with Crippen molar-refractivity contribution in [1.29, 1.82) is 0 Å². The quantitative estimate of drug-likeness (QED) is 0.430. The molecule has 2 heterocycles. The van der Waals surface area contributed by atoms with E-state index in [0.29, 0.717) is 16.8 Å². The third-order valence-electron chi connectivity index (χ3n) is 6.07. The fraction of sp³-hybridized carbons (Fsp3) is 0.115. The maximum absolute atomic E-state index is 14.8. The molecule has 3 N–H and O–H groups in total. The molecule has 0 spiro atoms. The van der Waals surface area contributed by atoms with Crippen molar-refractivity contribution < 1.29 is 17.2 Å². The lowest BCUT2D eigenvalue weighted by atomic mass is 9.90. The van der Waals surface area contributed by atoms with Crippen LogP contribution in [0.2, 0.25) is 0 Å². The van der Waals surface area contributed by atoms with Crippen LogP contribution < -0.4 is 11.1 Å². The van der Waals surface area contributed by atoms with Gasteiger partial charge < -0.3 is 11.1 Å². The minimum atomic E-state index is -3.95. The van der Waals surface area contributed by atoms with E-state index in [1.54, 1.807) is 54.6 Å². The first-order chi connectivity index (χ1) is 17.2. The number of halogens is 4. The van der Waals surface area contributed by atoms with Crippen molar-refractivity contribution in [2.24, 2.45) is 10.7 Å². The fourth-order valence-electron chi connectivity index (χ4n) is 4.34. The van der Waals surface area contributed by atoms with E-state index < -0.39 is 27.7 Å². The lowest BCUT2D eigenvalue weighted by molar-refractivity contribution is 0.434. The van der Waals surface area contributed by atoms with E-state index in [-0.39, 0.29) is 47.5 Å². The van der Waals surface area contributed by atoms with Gasteiger partial charge in [0.25, 0.3) is 0 Å². The number of nitrogens with zero attached hydrogens (tertiary/aromatic N) is 2. The number of hydrogen-bond acceptors (Lipinski definition) is 5. The van der Waals surface area contributed by atoms with Crippen LogP contribution in [0.3, 0.4) is 0 Å². The Balaban J connectivity index is 0.00000320. The van der Waals surface area contributed by atoms with Crippen molar-refractivity contribution in [2.75, 3.05) is 13.1 Å². The Labute approximate surface area is 228 Å². The molecule has 1 unspecified atom stereocenters.